The number of nitrogens with two attached hydrogens (primary N) is 1. The van der Waals surface area contributed by atoms with Crippen LogP contribution in [0.4, 0.5) is 0 Å². The normalized spacial score (nSPS) is 10.4. The van der Waals surface area contributed by atoms with E-state index in [9.17, 15) is 14.4 Å². The number of halogens is 1. The van der Waals surface area contributed by atoms with Gasteiger partial charge in [0.1, 0.15) is 0 Å². The molecule has 4 N–H and O–H groups in total. The first-order valence-corrected chi connectivity index (χ1v) is 10.3. The number of rotatable bonds is 7. The maximum atomic E-state index is 12.6. The molecule has 0 aliphatic rings. The minimum atomic E-state index is -0.609. The van der Waals surface area contributed by atoms with Gasteiger partial charge < -0.3 is 16.4 Å². The summed E-state index contributed by atoms with van der Waals surface area (Å²) in [4.78, 5) is 39.8. The average Bonchev–Trinajstić information content (AvgIpc) is 2.76. The molecule has 1 aromatic heterocycles. The monoisotopic (exact) mass is 480 g/mol. The van der Waals surface area contributed by atoms with Crippen molar-refractivity contribution in [2.45, 2.75) is 13.5 Å². The van der Waals surface area contributed by atoms with Gasteiger partial charge in [0.2, 0.25) is 5.91 Å². The van der Waals surface area contributed by atoms with Crippen molar-refractivity contribution in [3.05, 3.63) is 87.5 Å². The molecule has 2 aromatic carbocycles. The molecule has 1 heterocycles. The maximum Gasteiger partial charge on any atom is 0.253 e. The molecule has 0 aliphatic heterocycles. The van der Waals surface area contributed by atoms with Crippen molar-refractivity contribution >= 4 is 33.7 Å². The van der Waals surface area contributed by atoms with E-state index in [1.54, 1.807) is 37.3 Å². The SMILES string of the molecule is Cc1nc(-c2cccc(Br)c2)ccc1C(=O)NCc1ccc(C(=O)NCC(N)=O)cc1. The summed E-state index contributed by atoms with van der Waals surface area (Å²) in [7, 11) is 0. The van der Waals surface area contributed by atoms with Gasteiger partial charge in [0, 0.05) is 22.1 Å². The van der Waals surface area contributed by atoms with E-state index in [4.69, 9.17) is 5.73 Å². The van der Waals surface area contributed by atoms with Gasteiger partial charge in [-0.2, -0.15) is 0 Å². The molecule has 158 valence electrons. The molecule has 0 aliphatic carbocycles. The second-order valence-electron chi connectivity index (χ2n) is 6.87. The summed E-state index contributed by atoms with van der Waals surface area (Å²) in [6.45, 7) is 1.88. The summed E-state index contributed by atoms with van der Waals surface area (Å²) in [6.07, 6.45) is 0. The second-order valence-corrected chi connectivity index (χ2v) is 7.78. The number of benzene rings is 2. The molecule has 0 fully saturated rings. The van der Waals surface area contributed by atoms with Gasteiger partial charge >= 0.3 is 0 Å². The predicted octanol–water partition coefficient (Wildman–Crippen LogP) is 2.96. The lowest BCUT2D eigenvalue weighted by molar-refractivity contribution is -0.117. The van der Waals surface area contributed by atoms with Crippen LogP contribution in [0.25, 0.3) is 11.3 Å². The zero-order valence-electron chi connectivity index (χ0n) is 16.8. The molecule has 0 radical (unpaired) electrons. The predicted molar refractivity (Wildman–Crippen MR) is 121 cm³/mol. The molecular formula is C23H21BrN4O3. The summed E-state index contributed by atoms with van der Waals surface area (Å²) >= 11 is 3.45. The number of amides is 3. The van der Waals surface area contributed by atoms with Crippen molar-refractivity contribution in [1.82, 2.24) is 15.6 Å². The van der Waals surface area contributed by atoms with Gasteiger partial charge in [0.25, 0.3) is 11.8 Å². The molecule has 3 aromatic rings. The molecular weight excluding hydrogens is 460 g/mol. The lowest BCUT2D eigenvalue weighted by Gasteiger charge is -2.10. The van der Waals surface area contributed by atoms with Crippen LogP contribution in [-0.4, -0.2) is 29.3 Å². The number of hydrogen-bond donors (Lipinski definition) is 3. The molecule has 0 spiro atoms. The van der Waals surface area contributed by atoms with Crippen LogP contribution in [0.1, 0.15) is 32.0 Å². The number of nitrogens with one attached hydrogen (secondary N) is 2. The highest BCUT2D eigenvalue weighted by molar-refractivity contribution is 9.10. The zero-order valence-corrected chi connectivity index (χ0v) is 18.4. The van der Waals surface area contributed by atoms with Crippen LogP contribution in [0.5, 0.6) is 0 Å². The first kappa shape index (κ1) is 22.2. The average molecular weight is 481 g/mol. The van der Waals surface area contributed by atoms with Crippen LogP contribution in [0.2, 0.25) is 0 Å². The number of carbonyl (C=O) groups excluding carboxylic acids is 3. The molecule has 3 amide bonds. The van der Waals surface area contributed by atoms with Crippen molar-refractivity contribution in [1.29, 1.82) is 0 Å². The van der Waals surface area contributed by atoms with Crippen molar-refractivity contribution < 1.29 is 14.4 Å². The van der Waals surface area contributed by atoms with Crippen molar-refractivity contribution in [2.24, 2.45) is 5.73 Å². The van der Waals surface area contributed by atoms with Crippen LogP contribution < -0.4 is 16.4 Å². The Morgan fingerprint density at radius 2 is 1.71 bits per heavy atom. The largest absolute Gasteiger partial charge is 0.368 e. The third-order valence-corrected chi connectivity index (χ3v) is 5.04. The van der Waals surface area contributed by atoms with E-state index in [1.807, 2.05) is 30.3 Å². The smallest absolute Gasteiger partial charge is 0.253 e. The van der Waals surface area contributed by atoms with Gasteiger partial charge in [-0.3, -0.25) is 19.4 Å². The van der Waals surface area contributed by atoms with E-state index in [0.717, 1.165) is 21.3 Å². The summed E-state index contributed by atoms with van der Waals surface area (Å²) < 4.78 is 0.961. The van der Waals surface area contributed by atoms with Crippen molar-refractivity contribution in [3.8, 4) is 11.3 Å². The fraction of sp³-hybridized carbons (Fsp3) is 0.130. The molecule has 0 bridgehead atoms. The first-order valence-electron chi connectivity index (χ1n) is 9.50. The molecule has 0 saturated carbocycles. The number of nitrogens with zero attached hydrogens (tertiary/aromatic N) is 1. The highest BCUT2D eigenvalue weighted by Gasteiger charge is 2.12. The van der Waals surface area contributed by atoms with E-state index in [-0.39, 0.29) is 18.4 Å². The number of aromatic nitrogens is 1. The van der Waals surface area contributed by atoms with E-state index < -0.39 is 5.91 Å². The van der Waals surface area contributed by atoms with Gasteiger partial charge in [-0.25, -0.2) is 0 Å². The van der Waals surface area contributed by atoms with E-state index in [0.29, 0.717) is 23.4 Å². The number of hydrogen-bond acceptors (Lipinski definition) is 4. The zero-order chi connectivity index (χ0) is 22.4. The Morgan fingerprint density at radius 1 is 0.968 bits per heavy atom. The van der Waals surface area contributed by atoms with E-state index in [1.165, 1.54) is 0 Å². The highest BCUT2D eigenvalue weighted by Crippen LogP contribution is 2.22. The minimum Gasteiger partial charge on any atom is -0.368 e. The highest BCUT2D eigenvalue weighted by atomic mass is 79.9. The van der Waals surface area contributed by atoms with Gasteiger partial charge in [-0.15, -0.1) is 0 Å². The second kappa shape index (κ2) is 9.99. The lowest BCUT2D eigenvalue weighted by atomic mass is 10.1. The van der Waals surface area contributed by atoms with Crippen molar-refractivity contribution in [2.75, 3.05) is 6.54 Å². The first-order chi connectivity index (χ1) is 14.8. The van der Waals surface area contributed by atoms with Crippen LogP contribution in [0.15, 0.2) is 65.1 Å². The summed E-state index contributed by atoms with van der Waals surface area (Å²) in [5, 5.41) is 5.29. The summed E-state index contributed by atoms with van der Waals surface area (Å²) in [5.41, 5.74) is 9.14. The van der Waals surface area contributed by atoms with E-state index >= 15 is 0 Å². The molecule has 7 nitrogen and oxygen atoms in total. The quantitative estimate of drug-likeness (QED) is 0.482. The fourth-order valence-corrected chi connectivity index (χ4v) is 3.33. The van der Waals surface area contributed by atoms with Crippen molar-refractivity contribution in [3.63, 3.8) is 0 Å². The molecule has 8 heteroatoms. The Morgan fingerprint density at radius 3 is 2.35 bits per heavy atom. The Labute approximate surface area is 188 Å². The molecule has 0 saturated heterocycles. The molecule has 0 atom stereocenters. The minimum absolute atomic E-state index is 0.218. The Balaban J connectivity index is 1.61. The summed E-state index contributed by atoms with van der Waals surface area (Å²) in [6, 6.07) is 18.1. The number of carbonyl (C=O) groups is 3. The third-order valence-electron chi connectivity index (χ3n) is 4.54. The Bertz CT molecular complexity index is 1130. The number of pyridine rings is 1. The standard InChI is InChI=1S/C23H21BrN4O3/c1-14-19(9-10-20(28-14)17-3-2-4-18(24)11-17)23(31)26-12-15-5-7-16(8-6-15)22(30)27-13-21(25)29/h2-11H,12-13H2,1H3,(H2,25,29)(H,26,31)(H,27,30). The van der Waals surface area contributed by atoms with Gasteiger partial charge in [-0.05, 0) is 48.9 Å². The summed E-state index contributed by atoms with van der Waals surface area (Å²) in [5.74, 6) is -1.22. The van der Waals surface area contributed by atoms with Gasteiger partial charge in [-0.1, -0.05) is 40.2 Å². The molecule has 3 rings (SSSR count). The van der Waals surface area contributed by atoms with Crippen LogP contribution in [-0.2, 0) is 11.3 Å². The van der Waals surface area contributed by atoms with E-state index in [2.05, 4.69) is 31.5 Å². The number of aryl methyl sites for hydroxylation is 1. The topological polar surface area (TPSA) is 114 Å². The number of primary amides is 1. The molecule has 31 heavy (non-hydrogen) atoms. The Kier molecular flexibility index (Phi) is 7.15. The van der Waals surface area contributed by atoms with Gasteiger partial charge in [0.05, 0.1) is 23.5 Å². The lowest BCUT2D eigenvalue weighted by Crippen LogP contribution is -2.33. The van der Waals surface area contributed by atoms with Crippen LogP contribution in [0, 0.1) is 6.92 Å². The maximum absolute atomic E-state index is 12.6. The fourth-order valence-electron chi connectivity index (χ4n) is 2.93. The Hall–Kier alpha value is -3.52. The van der Waals surface area contributed by atoms with Crippen LogP contribution >= 0.6 is 15.9 Å². The third kappa shape index (κ3) is 5.99. The van der Waals surface area contributed by atoms with Crippen LogP contribution in [0.3, 0.4) is 0 Å². The molecule has 0 unspecified atom stereocenters. The van der Waals surface area contributed by atoms with Gasteiger partial charge in [0.15, 0.2) is 0 Å².